The molecule has 4 aromatic heterocycles. The van der Waals surface area contributed by atoms with Crippen molar-refractivity contribution in [1.29, 1.82) is 0 Å². The zero-order valence-corrected chi connectivity index (χ0v) is 16.9. The summed E-state index contributed by atoms with van der Waals surface area (Å²) < 4.78 is 15.6. The number of fused-ring (bicyclic) bond motifs is 2. The zero-order chi connectivity index (χ0) is 21.0. The summed E-state index contributed by atoms with van der Waals surface area (Å²) in [5, 5.41) is 22.6. The third-order valence-corrected chi connectivity index (χ3v) is 5.88. The summed E-state index contributed by atoms with van der Waals surface area (Å²) in [7, 11) is 0. The summed E-state index contributed by atoms with van der Waals surface area (Å²) >= 11 is 0. The van der Waals surface area contributed by atoms with Crippen LogP contribution in [-0.4, -0.2) is 58.5 Å². The van der Waals surface area contributed by atoms with Gasteiger partial charge in [0.05, 0.1) is 5.69 Å². The van der Waals surface area contributed by atoms with Crippen molar-refractivity contribution >= 4 is 16.7 Å². The summed E-state index contributed by atoms with van der Waals surface area (Å²) in [6.07, 6.45) is 4.24. The first-order valence-electron chi connectivity index (χ1n) is 9.77. The highest BCUT2D eigenvalue weighted by molar-refractivity contribution is 5.78. The number of imidazole rings is 1. The van der Waals surface area contributed by atoms with Crippen molar-refractivity contribution in [3.8, 4) is 5.75 Å². The molecule has 156 valence electrons. The minimum Gasteiger partial charge on any atom is -0.491 e. The lowest BCUT2D eigenvalue weighted by atomic mass is 9.95. The fraction of sp³-hybridized carbons (Fsp3) is 0.381. The van der Waals surface area contributed by atoms with Gasteiger partial charge in [0.15, 0.2) is 6.23 Å². The van der Waals surface area contributed by atoms with Gasteiger partial charge >= 0.3 is 0 Å². The molecule has 9 nitrogen and oxygen atoms in total. The van der Waals surface area contributed by atoms with Crippen molar-refractivity contribution in [1.82, 2.24) is 23.9 Å². The highest BCUT2D eigenvalue weighted by Crippen LogP contribution is 2.38. The molecule has 0 amide bonds. The van der Waals surface area contributed by atoms with E-state index in [9.17, 15) is 10.2 Å². The Hall–Kier alpha value is -3.01. The molecule has 0 radical (unpaired) electrons. The standard InChI is InChI=1S/C21H23N5O4/c1-12-9-22-17-8-14(4-6-25(12)17)29-10-16-21(3,28)18(27)20(30-16)26-7-5-15-13(2)23-11-24-19(15)26/h4-9,11,16,18,20,27-28H,10H2,1-3H3/t16-,18+,20?,21-/m1/s1. The Labute approximate surface area is 172 Å². The Balaban J connectivity index is 1.38. The third kappa shape index (κ3) is 2.85. The maximum Gasteiger partial charge on any atom is 0.164 e. The molecule has 1 saturated heterocycles. The first-order chi connectivity index (χ1) is 14.4. The smallest absolute Gasteiger partial charge is 0.164 e. The van der Waals surface area contributed by atoms with Crippen molar-refractivity contribution < 1.29 is 19.7 Å². The maximum absolute atomic E-state index is 11.0. The number of aryl methyl sites for hydroxylation is 2. The Morgan fingerprint density at radius 1 is 1.20 bits per heavy atom. The van der Waals surface area contributed by atoms with Gasteiger partial charge in [0, 0.05) is 35.7 Å². The second kappa shape index (κ2) is 6.76. The van der Waals surface area contributed by atoms with Gasteiger partial charge in [0.2, 0.25) is 0 Å². The molecule has 0 spiro atoms. The first kappa shape index (κ1) is 19.0. The Morgan fingerprint density at radius 3 is 2.87 bits per heavy atom. The number of aliphatic hydroxyl groups is 2. The lowest BCUT2D eigenvalue weighted by Gasteiger charge is -2.26. The molecule has 1 aliphatic heterocycles. The van der Waals surface area contributed by atoms with Crippen molar-refractivity contribution in [3.05, 3.63) is 54.5 Å². The number of hydrogen-bond acceptors (Lipinski definition) is 7. The topological polar surface area (TPSA) is 107 Å². The van der Waals surface area contributed by atoms with E-state index in [-0.39, 0.29) is 6.61 Å². The summed E-state index contributed by atoms with van der Waals surface area (Å²) in [5.41, 5.74) is 1.78. The number of aromatic nitrogens is 5. The number of rotatable bonds is 4. The van der Waals surface area contributed by atoms with Crippen molar-refractivity contribution in [2.75, 3.05) is 6.61 Å². The van der Waals surface area contributed by atoms with Gasteiger partial charge in [-0.15, -0.1) is 0 Å². The quantitative estimate of drug-likeness (QED) is 0.529. The molecule has 0 saturated carbocycles. The number of ether oxygens (including phenoxy) is 2. The normalized spacial score (nSPS) is 26.6. The second-order valence-corrected chi connectivity index (χ2v) is 7.91. The van der Waals surface area contributed by atoms with Crippen LogP contribution >= 0.6 is 0 Å². The fourth-order valence-corrected chi connectivity index (χ4v) is 3.94. The summed E-state index contributed by atoms with van der Waals surface area (Å²) in [6.45, 7) is 5.50. The summed E-state index contributed by atoms with van der Waals surface area (Å²) in [6, 6.07) is 5.53. The number of aliphatic hydroxyl groups excluding tert-OH is 1. The Bertz CT molecular complexity index is 1230. The average Bonchev–Trinajstić information content (AvgIpc) is 3.37. The van der Waals surface area contributed by atoms with Crippen LogP contribution in [0.1, 0.15) is 24.5 Å². The largest absolute Gasteiger partial charge is 0.491 e. The molecule has 2 N–H and O–H groups in total. The minimum absolute atomic E-state index is 0.0731. The van der Waals surface area contributed by atoms with E-state index in [0.717, 1.165) is 22.4 Å². The Kier molecular flexibility index (Phi) is 4.28. The summed E-state index contributed by atoms with van der Waals surface area (Å²) in [4.78, 5) is 12.8. The first-order valence-corrected chi connectivity index (χ1v) is 9.77. The SMILES string of the molecule is Cc1ncnc2c1ccn2C1O[C@H](COc2ccn3c(C)cnc3c2)[C@@](C)(O)[C@H]1O. The van der Waals surface area contributed by atoms with Gasteiger partial charge in [0.25, 0.3) is 0 Å². The van der Waals surface area contributed by atoms with Crippen LogP contribution in [0.15, 0.2) is 43.1 Å². The van der Waals surface area contributed by atoms with Gasteiger partial charge in [-0.1, -0.05) is 0 Å². The van der Waals surface area contributed by atoms with E-state index < -0.39 is 24.0 Å². The van der Waals surface area contributed by atoms with E-state index >= 15 is 0 Å². The van der Waals surface area contributed by atoms with Crippen molar-refractivity contribution in [3.63, 3.8) is 0 Å². The molecule has 0 bridgehead atoms. The lowest BCUT2D eigenvalue weighted by molar-refractivity contribution is -0.0765. The number of nitrogens with zero attached hydrogens (tertiary/aromatic N) is 5. The van der Waals surface area contributed by atoms with E-state index in [1.54, 1.807) is 23.9 Å². The highest BCUT2D eigenvalue weighted by atomic mass is 16.6. The van der Waals surface area contributed by atoms with Crippen LogP contribution in [0.5, 0.6) is 5.75 Å². The molecule has 0 aromatic carbocycles. The summed E-state index contributed by atoms with van der Waals surface area (Å²) in [5.74, 6) is 0.611. The van der Waals surface area contributed by atoms with Crippen LogP contribution in [0.2, 0.25) is 0 Å². The zero-order valence-electron chi connectivity index (χ0n) is 16.9. The fourth-order valence-electron chi connectivity index (χ4n) is 3.94. The van der Waals surface area contributed by atoms with Crippen LogP contribution in [0, 0.1) is 13.8 Å². The van der Waals surface area contributed by atoms with E-state index in [4.69, 9.17) is 9.47 Å². The lowest BCUT2D eigenvalue weighted by Crippen LogP contribution is -2.47. The van der Waals surface area contributed by atoms with Gasteiger partial charge in [-0.05, 0) is 32.9 Å². The molecule has 4 aromatic rings. The van der Waals surface area contributed by atoms with Gasteiger partial charge in [-0.25, -0.2) is 15.0 Å². The third-order valence-electron chi connectivity index (χ3n) is 5.88. The van der Waals surface area contributed by atoms with E-state index in [1.807, 2.05) is 42.6 Å². The molecule has 1 fully saturated rings. The monoisotopic (exact) mass is 409 g/mol. The molecule has 30 heavy (non-hydrogen) atoms. The molecule has 1 unspecified atom stereocenters. The predicted molar refractivity (Wildman–Crippen MR) is 108 cm³/mol. The van der Waals surface area contributed by atoms with Gasteiger partial charge < -0.3 is 28.7 Å². The van der Waals surface area contributed by atoms with Gasteiger partial charge in [-0.2, -0.15) is 0 Å². The van der Waals surface area contributed by atoms with Crippen LogP contribution < -0.4 is 4.74 Å². The average molecular weight is 409 g/mol. The Morgan fingerprint density at radius 2 is 2.03 bits per heavy atom. The van der Waals surface area contributed by atoms with Gasteiger partial charge in [-0.3, -0.25) is 0 Å². The maximum atomic E-state index is 11.0. The minimum atomic E-state index is -1.50. The van der Waals surface area contributed by atoms with Crippen LogP contribution in [0.4, 0.5) is 0 Å². The predicted octanol–water partition coefficient (Wildman–Crippen LogP) is 1.78. The van der Waals surface area contributed by atoms with Crippen LogP contribution in [0.25, 0.3) is 16.7 Å². The van der Waals surface area contributed by atoms with Gasteiger partial charge in [0.1, 0.15) is 47.8 Å². The highest BCUT2D eigenvalue weighted by Gasteiger charge is 2.53. The molecule has 5 rings (SSSR count). The molecule has 1 aliphatic rings. The molecular weight excluding hydrogens is 386 g/mol. The van der Waals surface area contributed by atoms with E-state index in [2.05, 4.69) is 15.0 Å². The molecule has 0 aliphatic carbocycles. The molecule has 4 atom stereocenters. The number of hydrogen-bond donors (Lipinski definition) is 2. The van der Waals surface area contributed by atoms with E-state index in [1.165, 1.54) is 6.33 Å². The van der Waals surface area contributed by atoms with E-state index in [0.29, 0.717) is 11.4 Å². The van der Waals surface area contributed by atoms with Crippen molar-refractivity contribution in [2.45, 2.75) is 44.8 Å². The van der Waals surface area contributed by atoms with Crippen LogP contribution in [-0.2, 0) is 4.74 Å². The molecular formula is C21H23N5O4. The molecule has 5 heterocycles. The second-order valence-electron chi connectivity index (χ2n) is 7.91. The molecule has 9 heteroatoms. The number of pyridine rings is 1. The van der Waals surface area contributed by atoms with Crippen molar-refractivity contribution in [2.24, 2.45) is 0 Å². The van der Waals surface area contributed by atoms with Crippen LogP contribution in [0.3, 0.4) is 0 Å².